The van der Waals surface area contributed by atoms with Crippen molar-refractivity contribution >= 4 is 11.6 Å². The summed E-state index contributed by atoms with van der Waals surface area (Å²) in [6.07, 6.45) is 0.833. The lowest BCUT2D eigenvalue weighted by Gasteiger charge is -2.23. The van der Waals surface area contributed by atoms with Crippen molar-refractivity contribution in [2.24, 2.45) is 0 Å². The van der Waals surface area contributed by atoms with Gasteiger partial charge in [0.2, 0.25) is 5.91 Å². The molecule has 4 nitrogen and oxygen atoms in total. The minimum absolute atomic E-state index is 0.0513. The molecule has 0 aromatic heterocycles. The lowest BCUT2D eigenvalue weighted by atomic mass is 10.1. The number of nitrogens with zero attached hydrogens (tertiary/aromatic N) is 1. The fourth-order valence-corrected chi connectivity index (χ4v) is 2.23. The van der Waals surface area contributed by atoms with E-state index in [1.165, 1.54) is 0 Å². The molecular weight excluding hydrogens is 245 g/mol. The number of rotatable bonds is 3. The number of benzene rings is 1. The van der Waals surface area contributed by atoms with E-state index in [4.69, 9.17) is 0 Å². The van der Waals surface area contributed by atoms with Crippen molar-refractivity contribution in [3.8, 4) is 0 Å². The van der Waals surface area contributed by atoms with Crippen molar-refractivity contribution in [3.05, 3.63) is 29.6 Å². The Hall–Kier alpha value is -1.62. The Kier molecular flexibility index (Phi) is 4.37. The van der Waals surface area contributed by atoms with Crippen LogP contribution in [0.1, 0.15) is 24.9 Å². The van der Waals surface area contributed by atoms with Gasteiger partial charge in [0.15, 0.2) is 0 Å². The topological polar surface area (TPSA) is 44.4 Å². The van der Waals surface area contributed by atoms with Crippen molar-refractivity contribution in [2.45, 2.75) is 19.4 Å². The molecule has 1 fully saturated rings. The normalized spacial score (nSPS) is 17.8. The molecule has 1 atom stereocenters. The van der Waals surface area contributed by atoms with Gasteiger partial charge in [-0.3, -0.25) is 4.79 Å². The minimum atomic E-state index is -0.269. The van der Waals surface area contributed by atoms with E-state index in [2.05, 4.69) is 10.6 Å². The van der Waals surface area contributed by atoms with Gasteiger partial charge in [-0.05, 0) is 38.1 Å². The Labute approximate surface area is 113 Å². The minimum Gasteiger partial charge on any atom is -0.360 e. The molecule has 1 aliphatic heterocycles. The molecule has 5 heteroatoms. The molecule has 1 saturated heterocycles. The van der Waals surface area contributed by atoms with Crippen LogP contribution >= 0.6 is 0 Å². The monoisotopic (exact) mass is 265 g/mol. The van der Waals surface area contributed by atoms with Gasteiger partial charge in [-0.1, -0.05) is 6.07 Å². The van der Waals surface area contributed by atoms with Gasteiger partial charge in [0.05, 0.1) is 12.2 Å². The summed E-state index contributed by atoms with van der Waals surface area (Å²) in [5.41, 5.74) is 1.41. The van der Waals surface area contributed by atoms with Crippen molar-refractivity contribution in [2.75, 3.05) is 31.6 Å². The number of halogens is 1. The largest absolute Gasteiger partial charge is 0.360 e. The van der Waals surface area contributed by atoms with Crippen molar-refractivity contribution in [1.29, 1.82) is 0 Å². The quantitative estimate of drug-likeness (QED) is 0.869. The Morgan fingerprint density at radius 2 is 2.26 bits per heavy atom. The molecule has 1 aromatic carbocycles. The van der Waals surface area contributed by atoms with Crippen molar-refractivity contribution in [1.82, 2.24) is 10.6 Å². The maximum absolute atomic E-state index is 14.2. The molecular formula is C14H20FN3O. The van der Waals surface area contributed by atoms with Gasteiger partial charge in [-0.15, -0.1) is 0 Å². The summed E-state index contributed by atoms with van der Waals surface area (Å²) in [6.45, 7) is 3.55. The van der Waals surface area contributed by atoms with E-state index in [0.29, 0.717) is 18.8 Å². The van der Waals surface area contributed by atoms with Crippen LogP contribution in [0.5, 0.6) is 0 Å². The van der Waals surface area contributed by atoms with Gasteiger partial charge in [0, 0.05) is 19.1 Å². The molecule has 2 rings (SSSR count). The predicted octanol–water partition coefficient (Wildman–Crippen LogP) is 1.43. The van der Waals surface area contributed by atoms with E-state index < -0.39 is 0 Å². The number of anilines is 1. The lowest BCUT2D eigenvalue weighted by molar-refractivity contribution is -0.119. The van der Waals surface area contributed by atoms with Gasteiger partial charge in [-0.25, -0.2) is 4.39 Å². The maximum atomic E-state index is 14.2. The first-order chi connectivity index (χ1) is 9.11. The number of hydrogen-bond donors (Lipinski definition) is 2. The molecule has 0 aliphatic carbocycles. The summed E-state index contributed by atoms with van der Waals surface area (Å²) in [6, 6.07) is 5.31. The molecule has 1 aromatic rings. The summed E-state index contributed by atoms with van der Waals surface area (Å²) in [4.78, 5) is 13.3. The van der Waals surface area contributed by atoms with Crippen LogP contribution < -0.4 is 15.5 Å². The van der Waals surface area contributed by atoms with Gasteiger partial charge >= 0.3 is 0 Å². The number of carbonyl (C=O) groups is 1. The van der Waals surface area contributed by atoms with E-state index in [9.17, 15) is 9.18 Å². The molecule has 0 saturated carbocycles. The Morgan fingerprint density at radius 1 is 1.47 bits per heavy atom. The van der Waals surface area contributed by atoms with Gasteiger partial charge in [0.1, 0.15) is 5.82 Å². The molecule has 1 heterocycles. The number of carbonyl (C=O) groups excluding carboxylic acids is 1. The second kappa shape index (κ2) is 6.02. The van der Waals surface area contributed by atoms with Crippen LogP contribution in [0.3, 0.4) is 0 Å². The van der Waals surface area contributed by atoms with Crippen molar-refractivity contribution < 1.29 is 9.18 Å². The Bertz CT molecular complexity index is 464. The summed E-state index contributed by atoms with van der Waals surface area (Å²) >= 11 is 0. The zero-order chi connectivity index (χ0) is 13.8. The number of hydrogen-bond acceptors (Lipinski definition) is 3. The van der Waals surface area contributed by atoms with E-state index in [1.807, 2.05) is 20.0 Å². The van der Waals surface area contributed by atoms with E-state index in [-0.39, 0.29) is 24.3 Å². The molecule has 104 valence electrons. The molecule has 19 heavy (non-hydrogen) atoms. The van der Waals surface area contributed by atoms with Gasteiger partial charge < -0.3 is 15.5 Å². The average molecular weight is 265 g/mol. The van der Waals surface area contributed by atoms with Crippen LogP contribution in [-0.4, -0.2) is 32.6 Å². The highest BCUT2D eigenvalue weighted by molar-refractivity contribution is 5.81. The first kappa shape index (κ1) is 13.8. The Morgan fingerprint density at radius 3 is 2.95 bits per heavy atom. The van der Waals surface area contributed by atoms with E-state index >= 15 is 0 Å². The third kappa shape index (κ3) is 3.23. The standard InChI is InChI=1S/C14H20FN3O/c1-10(16-2)11-4-5-13(12(15)8-11)18-7-3-6-17-14(19)9-18/h4-5,8,10,16H,3,6-7,9H2,1-2H3,(H,17,19). The second-order valence-electron chi connectivity index (χ2n) is 4.85. The summed E-state index contributed by atoms with van der Waals surface area (Å²) in [5, 5.41) is 5.87. The zero-order valence-electron chi connectivity index (χ0n) is 11.4. The highest BCUT2D eigenvalue weighted by Crippen LogP contribution is 2.24. The third-order valence-electron chi connectivity index (χ3n) is 3.51. The highest BCUT2D eigenvalue weighted by atomic mass is 19.1. The van der Waals surface area contributed by atoms with Crippen LogP contribution in [0, 0.1) is 5.82 Å². The third-order valence-corrected chi connectivity index (χ3v) is 3.51. The molecule has 0 bridgehead atoms. The number of nitrogens with one attached hydrogen (secondary N) is 2. The van der Waals surface area contributed by atoms with Crippen LogP contribution in [0.15, 0.2) is 18.2 Å². The smallest absolute Gasteiger partial charge is 0.239 e. The summed E-state index contributed by atoms with van der Waals surface area (Å²) in [5.74, 6) is -0.320. The molecule has 1 aliphatic rings. The van der Waals surface area contributed by atoms with Crippen LogP contribution in [0.2, 0.25) is 0 Å². The highest BCUT2D eigenvalue weighted by Gasteiger charge is 2.18. The van der Waals surface area contributed by atoms with Gasteiger partial charge in [0.25, 0.3) is 0 Å². The maximum Gasteiger partial charge on any atom is 0.239 e. The Balaban J connectivity index is 2.22. The lowest BCUT2D eigenvalue weighted by Crippen LogP contribution is -2.33. The molecule has 0 spiro atoms. The summed E-state index contributed by atoms with van der Waals surface area (Å²) < 4.78 is 14.2. The average Bonchev–Trinajstić information content (AvgIpc) is 2.62. The van der Waals surface area contributed by atoms with Crippen LogP contribution in [0.4, 0.5) is 10.1 Å². The fourth-order valence-electron chi connectivity index (χ4n) is 2.23. The second-order valence-corrected chi connectivity index (χ2v) is 4.85. The predicted molar refractivity (Wildman–Crippen MR) is 73.7 cm³/mol. The van der Waals surface area contributed by atoms with Gasteiger partial charge in [-0.2, -0.15) is 0 Å². The van der Waals surface area contributed by atoms with E-state index in [0.717, 1.165) is 12.0 Å². The first-order valence-corrected chi connectivity index (χ1v) is 6.60. The fraction of sp³-hybridized carbons (Fsp3) is 0.500. The van der Waals surface area contributed by atoms with Crippen LogP contribution in [-0.2, 0) is 4.79 Å². The first-order valence-electron chi connectivity index (χ1n) is 6.60. The van der Waals surface area contributed by atoms with Crippen molar-refractivity contribution in [3.63, 3.8) is 0 Å². The summed E-state index contributed by atoms with van der Waals surface area (Å²) in [7, 11) is 1.84. The molecule has 0 radical (unpaired) electrons. The molecule has 1 amide bonds. The SMILES string of the molecule is CNC(C)c1ccc(N2CCCNC(=O)C2)c(F)c1. The molecule has 2 N–H and O–H groups in total. The molecule has 1 unspecified atom stereocenters. The number of amides is 1. The van der Waals surface area contributed by atoms with Crippen LogP contribution in [0.25, 0.3) is 0 Å². The van der Waals surface area contributed by atoms with E-state index in [1.54, 1.807) is 17.0 Å². The zero-order valence-corrected chi connectivity index (χ0v) is 11.4.